The van der Waals surface area contributed by atoms with Gasteiger partial charge in [-0.3, -0.25) is 0 Å². The lowest BCUT2D eigenvalue weighted by Crippen LogP contribution is -2.22. The fourth-order valence-corrected chi connectivity index (χ4v) is 3.55. The Balaban J connectivity index is 2.31. The van der Waals surface area contributed by atoms with Crippen molar-refractivity contribution in [1.29, 1.82) is 0 Å². The highest BCUT2D eigenvalue weighted by Gasteiger charge is 2.19. The molecule has 0 aliphatic carbocycles. The summed E-state index contributed by atoms with van der Waals surface area (Å²) in [6, 6.07) is 6.41. The van der Waals surface area contributed by atoms with Gasteiger partial charge in [0, 0.05) is 15.1 Å². The molecule has 1 aromatic rings. The first kappa shape index (κ1) is 9.56. The van der Waals surface area contributed by atoms with Crippen LogP contribution in [0.15, 0.2) is 27.6 Å². The summed E-state index contributed by atoms with van der Waals surface area (Å²) in [7, 11) is 0. The molecule has 2 rings (SSSR count). The summed E-state index contributed by atoms with van der Waals surface area (Å²) in [4.78, 5) is 1.41. The van der Waals surface area contributed by atoms with E-state index in [1.807, 2.05) is 11.8 Å². The van der Waals surface area contributed by atoms with Gasteiger partial charge >= 0.3 is 0 Å². The number of nitrogens with two attached hydrogens (primary N) is 1. The molecule has 1 nitrogen and oxygen atoms in total. The molecule has 1 heterocycles. The van der Waals surface area contributed by atoms with Crippen LogP contribution in [-0.4, -0.2) is 12.3 Å². The number of fused-ring (bicyclic) bond motifs is 1. The fraction of sp³-hybridized carbons (Fsp3) is 0.400. The number of benzene rings is 1. The molecule has 0 fully saturated rings. The average Bonchev–Trinajstić information content (AvgIpc) is 2.18. The van der Waals surface area contributed by atoms with Crippen molar-refractivity contribution < 1.29 is 0 Å². The van der Waals surface area contributed by atoms with Crippen molar-refractivity contribution in [2.24, 2.45) is 11.7 Å². The first-order valence-corrected chi connectivity index (χ1v) is 6.19. The molecule has 1 aromatic carbocycles. The molecule has 1 aliphatic heterocycles. The largest absolute Gasteiger partial charge is 0.330 e. The summed E-state index contributed by atoms with van der Waals surface area (Å²) in [5.41, 5.74) is 7.12. The van der Waals surface area contributed by atoms with Crippen LogP contribution in [0, 0.1) is 5.92 Å². The van der Waals surface area contributed by atoms with Crippen LogP contribution in [-0.2, 0) is 6.42 Å². The minimum absolute atomic E-state index is 0.659. The van der Waals surface area contributed by atoms with E-state index >= 15 is 0 Å². The van der Waals surface area contributed by atoms with Crippen LogP contribution in [0.2, 0.25) is 0 Å². The monoisotopic (exact) mass is 257 g/mol. The van der Waals surface area contributed by atoms with Gasteiger partial charge in [-0.1, -0.05) is 12.1 Å². The fourth-order valence-electron chi connectivity index (χ4n) is 1.60. The third-order valence-electron chi connectivity index (χ3n) is 2.35. The van der Waals surface area contributed by atoms with Crippen molar-refractivity contribution in [3.05, 3.63) is 28.2 Å². The highest BCUT2D eigenvalue weighted by molar-refractivity contribution is 9.10. The normalized spacial score (nSPS) is 21.2. The third kappa shape index (κ3) is 1.92. The van der Waals surface area contributed by atoms with Crippen LogP contribution in [0.1, 0.15) is 5.56 Å². The van der Waals surface area contributed by atoms with E-state index < -0.39 is 0 Å². The summed E-state index contributed by atoms with van der Waals surface area (Å²) in [5.74, 6) is 1.82. The average molecular weight is 258 g/mol. The molecule has 0 aromatic heterocycles. The molecule has 0 spiro atoms. The van der Waals surface area contributed by atoms with Crippen molar-refractivity contribution in [3.63, 3.8) is 0 Å². The van der Waals surface area contributed by atoms with Crippen molar-refractivity contribution >= 4 is 27.7 Å². The summed E-state index contributed by atoms with van der Waals surface area (Å²) in [5, 5.41) is 0. The van der Waals surface area contributed by atoms with Crippen LogP contribution >= 0.6 is 27.7 Å². The highest BCUT2D eigenvalue weighted by atomic mass is 79.9. The van der Waals surface area contributed by atoms with Gasteiger partial charge in [-0.05, 0) is 46.4 Å². The minimum Gasteiger partial charge on any atom is -0.330 e. The van der Waals surface area contributed by atoms with E-state index in [0.717, 1.165) is 18.7 Å². The second-order valence-corrected chi connectivity index (χ2v) is 5.23. The molecule has 1 aliphatic rings. The first-order valence-electron chi connectivity index (χ1n) is 4.41. The summed E-state index contributed by atoms with van der Waals surface area (Å²) in [6.07, 6.45) is 1.14. The maximum absolute atomic E-state index is 5.67. The zero-order chi connectivity index (χ0) is 9.26. The van der Waals surface area contributed by atoms with Gasteiger partial charge in [0.25, 0.3) is 0 Å². The van der Waals surface area contributed by atoms with E-state index in [1.54, 1.807) is 0 Å². The molecular formula is C10H12BrNS. The van der Waals surface area contributed by atoms with Gasteiger partial charge in [-0.25, -0.2) is 0 Å². The van der Waals surface area contributed by atoms with Crippen LogP contribution in [0.4, 0.5) is 0 Å². The van der Waals surface area contributed by atoms with Gasteiger partial charge < -0.3 is 5.73 Å². The highest BCUT2D eigenvalue weighted by Crippen LogP contribution is 2.37. The van der Waals surface area contributed by atoms with E-state index in [4.69, 9.17) is 5.73 Å². The quantitative estimate of drug-likeness (QED) is 0.838. The van der Waals surface area contributed by atoms with Gasteiger partial charge in [-0.2, -0.15) is 0 Å². The Morgan fingerprint density at radius 1 is 1.54 bits per heavy atom. The third-order valence-corrected chi connectivity index (χ3v) is 4.69. The van der Waals surface area contributed by atoms with Crippen LogP contribution < -0.4 is 5.73 Å². The molecule has 1 atom stereocenters. The van der Waals surface area contributed by atoms with Crippen molar-refractivity contribution in [1.82, 2.24) is 0 Å². The number of hydrogen-bond donors (Lipinski definition) is 1. The van der Waals surface area contributed by atoms with E-state index in [-0.39, 0.29) is 0 Å². The summed E-state index contributed by atoms with van der Waals surface area (Å²) < 4.78 is 1.23. The van der Waals surface area contributed by atoms with Crippen molar-refractivity contribution in [2.75, 3.05) is 12.3 Å². The molecule has 13 heavy (non-hydrogen) atoms. The van der Waals surface area contributed by atoms with Crippen LogP contribution in [0.5, 0.6) is 0 Å². The topological polar surface area (TPSA) is 26.0 Å². The zero-order valence-electron chi connectivity index (χ0n) is 7.29. The Kier molecular flexibility index (Phi) is 2.96. The molecule has 70 valence electrons. The summed E-state index contributed by atoms with van der Waals surface area (Å²) in [6.45, 7) is 0.805. The Hall–Kier alpha value is 0.0100. The molecule has 0 saturated carbocycles. The second kappa shape index (κ2) is 4.03. The van der Waals surface area contributed by atoms with Crippen molar-refractivity contribution in [3.8, 4) is 0 Å². The molecule has 0 amide bonds. The maximum atomic E-state index is 5.67. The zero-order valence-corrected chi connectivity index (χ0v) is 9.70. The summed E-state index contributed by atoms with van der Waals surface area (Å²) >= 11 is 5.49. The predicted molar refractivity (Wildman–Crippen MR) is 61.1 cm³/mol. The predicted octanol–water partition coefficient (Wildman–Crippen LogP) is 2.67. The lowest BCUT2D eigenvalue weighted by atomic mass is 10.0. The van der Waals surface area contributed by atoms with E-state index in [2.05, 4.69) is 34.1 Å². The maximum Gasteiger partial charge on any atom is 0.0314 e. The molecular weight excluding hydrogens is 246 g/mol. The Labute approximate surface area is 91.2 Å². The lowest BCUT2D eigenvalue weighted by molar-refractivity contribution is 0.588. The minimum atomic E-state index is 0.659. The molecule has 1 unspecified atom stereocenters. The standard InChI is InChI=1S/C10H12BrNS/c11-9-3-1-2-8-4-7(5-12)6-13-10(8)9/h1-3,7H,4-6,12H2. The van der Waals surface area contributed by atoms with Crippen molar-refractivity contribution in [2.45, 2.75) is 11.3 Å². The van der Waals surface area contributed by atoms with Gasteiger partial charge in [0.05, 0.1) is 0 Å². The van der Waals surface area contributed by atoms with E-state index in [9.17, 15) is 0 Å². The first-order chi connectivity index (χ1) is 6.31. The van der Waals surface area contributed by atoms with E-state index in [0.29, 0.717) is 5.92 Å². The van der Waals surface area contributed by atoms with Gasteiger partial charge in [0.2, 0.25) is 0 Å². The molecule has 0 radical (unpaired) electrons. The number of halogens is 1. The smallest absolute Gasteiger partial charge is 0.0314 e. The number of rotatable bonds is 1. The van der Waals surface area contributed by atoms with Crippen LogP contribution in [0.25, 0.3) is 0 Å². The van der Waals surface area contributed by atoms with Crippen LogP contribution in [0.3, 0.4) is 0 Å². The number of thioether (sulfide) groups is 1. The molecule has 0 bridgehead atoms. The Morgan fingerprint density at radius 2 is 2.38 bits per heavy atom. The van der Waals surface area contributed by atoms with Gasteiger partial charge in [0.15, 0.2) is 0 Å². The number of hydrogen-bond acceptors (Lipinski definition) is 2. The molecule has 0 saturated heterocycles. The Morgan fingerprint density at radius 3 is 3.15 bits per heavy atom. The molecule has 2 N–H and O–H groups in total. The second-order valence-electron chi connectivity index (χ2n) is 3.34. The lowest BCUT2D eigenvalue weighted by Gasteiger charge is -2.23. The van der Waals surface area contributed by atoms with Gasteiger partial charge in [-0.15, -0.1) is 11.8 Å². The van der Waals surface area contributed by atoms with Gasteiger partial charge in [0.1, 0.15) is 0 Å². The Bertz CT molecular complexity index is 314. The SMILES string of the molecule is NCC1CSc2c(Br)cccc2C1. The molecule has 3 heteroatoms. The van der Waals surface area contributed by atoms with E-state index in [1.165, 1.54) is 14.9 Å².